The first kappa shape index (κ1) is 20.7. The first-order valence-corrected chi connectivity index (χ1v) is 11.2. The van der Waals surface area contributed by atoms with Gasteiger partial charge in [-0.25, -0.2) is 4.98 Å². The molecular weight excluding hydrogens is 402 g/mol. The lowest BCUT2D eigenvalue weighted by molar-refractivity contribution is -0.0327. The number of Topliss-reactive ketones (excluding diaryl/α,β-unsaturated/α-hetero) is 1. The zero-order valence-electron chi connectivity index (χ0n) is 18.2. The standard InChI is InChI=1S/C25H27N5O2/c1-17-9-20(6-8-27-17)24-22-11-19(4-5-21(22)13-28-24)23(31)10-18-3-2-7-25(32,12-18)14-30-16-26-15-29-30/h4-6,8-9,11,15-16,18,32H,2-3,7,10,12-14H2,1H3/t18-,25-/m0/s1. The molecule has 2 atom stereocenters. The van der Waals surface area contributed by atoms with Gasteiger partial charge in [0.15, 0.2) is 5.78 Å². The predicted molar refractivity (Wildman–Crippen MR) is 121 cm³/mol. The summed E-state index contributed by atoms with van der Waals surface area (Å²) in [6.07, 6.45) is 8.54. The van der Waals surface area contributed by atoms with Crippen molar-refractivity contribution in [2.24, 2.45) is 10.9 Å². The van der Waals surface area contributed by atoms with Crippen LogP contribution in [0.4, 0.5) is 0 Å². The third kappa shape index (κ3) is 4.25. The van der Waals surface area contributed by atoms with Crippen LogP contribution in [0.25, 0.3) is 0 Å². The molecule has 2 aromatic heterocycles. The van der Waals surface area contributed by atoms with Crippen molar-refractivity contribution in [1.82, 2.24) is 19.7 Å². The molecule has 5 rings (SSSR count). The fraction of sp³-hybridized carbons (Fsp3) is 0.400. The van der Waals surface area contributed by atoms with Crippen molar-refractivity contribution in [3.05, 3.63) is 77.1 Å². The third-order valence-corrected chi connectivity index (χ3v) is 6.58. The van der Waals surface area contributed by atoms with Crippen LogP contribution in [0.1, 0.15) is 64.8 Å². The van der Waals surface area contributed by atoms with Crippen LogP contribution in [0.15, 0.2) is 54.2 Å². The number of rotatable bonds is 6. The van der Waals surface area contributed by atoms with Gasteiger partial charge in [0, 0.05) is 35.0 Å². The molecule has 0 saturated heterocycles. The highest BCUT2D eigenvalue weighted by Crippen LogP contribution is 2.36. The van der Waals surface area contributed by atoms with E-state index < -0.39 is 5.60 Å². The first-order valence-electron chi connectivity index (χ1n) is 11.2. The molecule has 3 heterocycles. The van der Waals surface area contributed by atoms with Crippen molar-refractivity contribution in [3.8, 4) is 0 Å². The largest absolute Gasteiger partial charge is 0.388 e. The number of fused-ring (bicyclic) bond motifs is 1. The molecule has 1 N–H and O–H groups in total. The number of carbonyl (C=O) groups is 1. The first-order chi connectivity index (χ1) is 15.5. The molecule has 1 aliphatic carbocycles. The fourth-order valence-corrected chi connectivity index (χ4v) is 5.07. The van der Waals surface area contributed by atoms with Gasteiger partial charge in [-0.3, -0.25) is 19.5 Å². The summed E-state index contributed by atoms with van der Waals surface area (Å²) in [4.78, 5) is 26.1. The molecule has 7 nitrogen and oxygen atoms in total. The number of aliphatic imine (C=N–C) groups is 1. The Morgan fingerprint density at radius 3 is 3.00 bits per heavy atom. The summed E-state index contributed by atoms with van der Waals surface area (Å²) >= 11 is 0. The van der Waals surface area contributed by atoms with E-state index in [-0.39, 0.29) is 11.7 Å². The average molecular weight is 430 g/mol. The maximum Gasteiger partial charge on any atom is 0.163 e. The van der Waals surface area contributed by atoms with Gasteiger partial charge in [-0.05, 0) is 55.9 Å². The number of hydrogen-bond acceptors (Lipinski definition) is 6. The van der Waals surface area contributed by atoms with Crippen molar-refractivity contribution in [1.29, 1.82) is 0 Å². The summed E-state index contributed by atoms with van der Waals surface area (Å²) in [5.74, 6) is 0.286. The molecule has 7 heteroatoms. The molecular formula is C25H27N5O2. The minimum atomic E-state index is -0.839. The third-order valence-electron chi connectivity index (χ3n) is 6.58. The van der Waals surface area contributed by atoms with Crippen LogP contribution in [0.2, 0.25) is 0 Å². The van der Waals surface area contributed by atoms with Crippen LogP contribution in [0, 0.1) is 12.8 Å². The number of aryl methyl sites for hydroxylation is 1. The molecule has 0 bridgehead atoms. The van der Waals surface area contributed by atoms with Gasteiger partial charge in [0.25, 0.3) is 0 Å². The molecule has 3 aromatic rings. The van der Waals surface area contributed by atoms with Crippen molar-refractivity contribution >= 4 is 11.5 Å². The Hall–Kier alpha value is -3.19. The van der Waals surface area contributed by atoms with Crippen molar-refractivity contribution in [2.75, 3.05) is 0 Å². The predicted octanol–water partition coefficient (Wildman–Crippen LogP) is 3.53. The average Bonchev–Trinajstić information content (AvgIpc) is 3.42. The van der Waals surface area contributed by atoms with Crippen LogP contribution >= 0.6 is 0 Å². The van der Waals surface area contributed by atoms with E-state index in [1.807, 2.05) is 37.3 Å². The lowest BCUT2D eigenvalue weighted by Gasteiger charge is -2.36. The zero-order valence-corrected chi connectivity index (χ0v) is 18.2. The Morgan fingerprint density at radius 1 is 1.28 bits per heavy atom. The van der Waals surface area contributed by atoms with Gasteiger partial charge >= 0.3 is 0 Å². The van der Waals surface area contributed by atoms with E-state index in [1.165, 1.54) is 6.33 Å². The molecule has 1 fully saturated rings. The van der Waals surface area contributed by atoms with Gasteiger partial charge in [-0.2, -0.15) is 5.10 Å². The number of benzene rings is 1. The second-order valence-corrected chi connectivity index (χ2v) is 9.13. The monoisotopic (exact) mass is 429 g/mol. The van der Waals surface area contributed by atoms with Crippen molar-refractivity contribution in [2.45, 2.75) is 57.7 Å². The summed E-state index contributed by atoms with van der Waals surface area (Å²) in [5.41, 5.74) is 4.97. The van der Waals surface area contributed by atoms with Crippen molar-refractivity contribution in [3.63, 3.8) is 0 Å². The number of aromatic nitrogens is 4. The number of pyridine rings is 1. The van der Waals surface area contributed by atoms with E-state index in [1.54, 1.807) is 17.2 Å². The second kappa shape index (κ2) is 8.39. The van der Waals surface area contributed by atoms with E-state index in [4.69, 9.17) is 4.99 Å². The molecule has 0 amide bonds. The Labute approximate surface area is 187 Å². The van der Waals surface area contributed by atoms with Gasteiger partial charge < -0.3 is 5.11 Å². The molecule has 1 aromatic carbocycles. The Balaban J connectivity index is 1.30. The van der Waals surface area contributed by atoms with E-state index in [2.05, 4.69) is 15.1 Å². The molecule has 0 spiro atoms. The molecule has 2 aliphatic rings. The zero-order chi connectivity index (χ0) is 22.1. The number of ketones is 1. The van der Waals surface area contributed by atoms with Crippen molar-refractivity contribution < 1.29 is 9.90 Å². The number of carbonyl (C=O) groups excluding carboxylic acids is 1. The van der Waals surface area contributed by atoms with Crippen LogP contribution < -0.4 is 0 Å². The summed E-state index contributed by atoms with van der Waals surface area (Å²) in [5, 5.41) is 15.2. The van der Waals surface area contributed by atoms with E-state index in [0.29, 0.717) is 25.9 Å². The van der Waals surface area contributed by atoms with E-state index in [9.17, 15) is 9.90 Å². The molecule has 0 unspecified atom stereocenters. The smallest absolute Gasteiger partial charge is 0.163 e. The lowest BCUT2D eigenvalue weighted by Crippen LogP contribution is -2.40. The summed E-state index contributed by atoms with van der Waals surface area (Å²) < 4.78 is 1.67. The Morgan fingerprint density at radius 2 is 2.19 bits per heavy atom. The van der Waals surface area contributed by atoms with Gasteiger partial charge in [-0.1, -0.05) is 18.6 Å². The maximum atomic E-state index is 13.2. The summed E-state index contributed by atoms with van der Waals surface area (Å²) in [6, 6.07) is 9.93. The highest BCUT2D eigenvalue weighted by Gasteiger charge is 2.36. The molecule has 32 heavy (non-hydrogen) atoms. The summed E-state index contributed by atoms with van der Waals surface area (Å²) in [6.45, 7) is 3.02. The maximum absolute atomic E-state index is 13.2. The van der Waals surface area contributed by atoms with E-state index in [0.717, 1.165) is 52.9 Å². The topological polar surface area (TPSA) is 93.3 Å². The normalized spacial score (nSPS) is 22.4. The van der Waals surface area contributed by atoms with Crippen LogP contribution in [0.3, 0.4) is 0 Å². The summed E-state index contributed by atoms with van der Waals surface area (Å²) in [7, 11) is 0. The molecule has 164 valence electrons. The van der Waals surface area contributed by atoms with Gasteiger partial charge in [-0.15, -0.1) is 0 Å². The Bertz CT molecular complexity index is 1170. The second-order valence-electron chi connectivity index (χ2n) is 9.13. The minimum Gasteiger partial charge on any atom is -0.388 e. The van der Waals surface area contributed by atoms with Crippen LogP contribution in [0.5, 0.6) is 0 Å². The highest BCUT2D eigenvalue weighted by atomic mass is 16.3. The van der Waals surface area contributed by atoms with Crippen LogP contribution in [-0.2, 0) is 13.1 Å². The Kier molecular flexibility index (Phi) is 5.43. The number of aliphatic hydroxyl groups is 1. The lowest BCUT2D eigenvalue weighted by atomic mass is 9.75. The van der Waals surface area contributed by atoms with Crippen LogP contribution in [-0.4, -0.2) is 42.0 Å². The van der Waals surface area contributed by atoms with Gasteiger partial charge in [0.2, 0.25) is 0 Å². The van der Waals surface area contributed by atoms with Gasteiger partial charge in [0.1, 0.15) is 12.7 Å². The highest BCUT2D eigenvalue weighted by molar-refractivity contribution is 6.16. The SMILES string of the molecule is Cc1cc(C2=NCc3ccc(C(=O)C[C@@H]4CCC[C@@](O)(Cn5cncn5)C4)cc32)ccn1. The quantitative estimate of drug-likeness (QED) is 0.605. The molecule has 1 aliphatic heterocycles. The number of nitrogens with zero attached hydrogens (tertiary/aromatic N) is 5. The minimum absolute atomic E-state index is 0.125. The van der Waals surface area contributed by atoms with Gasteiger partial charge in [0.05, 0.1) is 24.4 Å². The molecule has 1 saturated carbocycles. The number of hydrogen-bond donors (Lipinski definition) is 1. The fourth-order valence-electron chi connectivity index (χ4n) is 5.07. The molecule has 0 radical (unpaired) electrons. The van der Waals surface area contributed by atoms with E-state index >= 15 is 0 Å².